The van der Waals surface area contributed by atoms with Gasteiger partial charge in [-0.2, -0.15) is 0 Å². The van der Waals surface area contributed by atoms with E-state index < -0.39 is 5.37 Å². The molecule has 0 unspecified atom stereocenters. The molecule has 1 heterocycles. The van der Waals surface area contributed by atoms with Crippen LogP contribution in [-0.2, 0) is 4.79 Å². The van der Waals surface area contributed by atoms with Crippen molar-refractivity contribution in [2.45, 2.75) is 24.1 Å². The molecule has 0 aliphatic heterocycles. The van der Waals surface area contributed by atoms with E-state index in [1.165, 1.54) is 24.9 Å². The Morgan fingerprint density at radius 1 is 1.20 bits per heavy atom. The molecule has 1 amide bonds. The number of nitrogens with one attached hydrogen (secondary N) is 1. The minimum atomic E-state index is -0.693. The molecule has 1 aromatic heterocycles. The molecule has 0 bridgehead atoms. The molecule has 2 aromatic rings. The van der Waals surface area contributed by atoms with Gasteiger partial charge in [0.05, 0.1) is 6.26 Å². The first-order valence-corrected chi connectivity index (χ1v) is 7.02. The van der Waals surface area contributed by atoms with Crippen LogP contribution in [0.2, 0.25) is 0 Å². The Kier molecular flexibility index (Phi) is 4.63. The number of rotatable bonds is 5. The molecule has 0 aliphatic rings. The third kappa shape index (κ3) is 3.74. The Morgan fingerprint density at radius 2 is 1.90 bits per heavy atom. The van der Waals surface area contributed by atoms with Gasteiger partial charge in [-0.05, 0) is 31.2 Å². The highest BCUT2D eigenvalue weighted by atomic mass is 32.2. The van der Waals surface area contributed by atoms with Gasteiger partial charge in [-0.1, -0.05) is 29.5 Å². The first-order valence-electron chi connectivity index (χ1n) is 6.14. The van der Waals surface area contributed by atoms with E-state index in [9.17, 15) is 9.59 Å². The molecule has 0 aliphatic carbocycles. The van der Waals surface area contributed by atoms with Gasteiger partial charge in [-0.25, -0.2) is 0 Å². The molecular weight excluding hydrogens is 274 g/mol. The Bertz CT molecular complexity index is 590. The highest BCUT2D eigenvalue weighted by Gasteiger charge is 2.24. The molecule has 4 nitrogen and oxygen atoms in total. The molecule has 0 fully saturated rings. The SMILES string of the molecule is CC(=O)N[C@@H](Sc1ccc(C)cc1)C(=O)c1ccco1. The van der Waals surface area contributed by atoms with E-state index in [1.807, 2.05) is 31.2 Å². The summed E-state index contributed by atoms with van der Waals surface area (Å²) in [5.74, 6) is -0.270. The van der Waals surface area contributed by atoms with Gasteiger partial charge in [-0.15, -0.1) is 0 Å². The largest absolute Gasteiger partial charge is 0.461 e. The second kappa shape index (κ2) is 6.43. The lowest BCUT2D eigenvalue weighted by molar-refractivity contribution is -0.119. The van der Waals surface area contributed by atoms with Crippen molar-refractivity contribution >= 4 is 23.5 Å². The standard InChI is InChI=1S/C15H15NO3S/c1-10-5-7-12(8-6-10)20-15(16-11(2)17)14(18)13-4-3-9-19-13/h3-9,15H,1-2H3,(H,16,17)/t15-/m0/s1. The molecule has 0 saturated carbocycles. The van der Waals surface area contributed by atoms with E-state index in [2.05, 4.69) is 5.32 Å². The molecule has 1 aromatic carbocycles. The zero-order valence-electron chi connectivity index (χ0n) is 11.3. The number of benzene rings is 1. The van der Waals surface area contributed by atoms with Crippen LogP contribution in [0.1, 0.15) is 23.0 Å². The number of hydrogen-bond donors (Lipinski definition) is 1. The molecule has 1 atom stereocenters. The lowest BCUT2D eigenvalue weighted by atomic mass is 10.2. The summed E-state index contributed by atoms with van der Waals surface area (Å²) in [6.45, 7) is 3.38. The Morgan fingerprint density at radius 3 is 2.45 bits per heavy atom. The summed E-state index contributed by atoms with van der Waals surface area (Å²) in [6.07, 6.45) is 1.44. The average molecular weight is 289 g/mol. The molecule has 2 rings (SSSR count). The number of carbonyl (C=O) groups excluding carboxylic acids is 2. The smallest absolute Gasteiger partial charge is 0.230 e. The topological polar surface area (TPSA) is 59.3 Å². The molecule has 20 heavy (non-hydrogen) atoms. The third-order valence-corrected chi connectivity index (χ3v) is 3.72. The fourth-order valence-electron chi connectivity index (χ4n) is 1.63. The Labute approximate surface area is 121 Å². The third-order valence-electron chi connectivity index (χ3n) is 2.61. The van der Waals surface area contributed by atoms with Crippen LogP contribution < -0.4 is 5.32 Å². The van der Waals surface area contributed by atoms with Gasteiger partial charge >= 0.3 is 0 Å². The maximum absolute atomic E-state index is 12.3. The van der Waals surface area contributed by atoms with Gasteiger partial charge in [0.25, 0.3) is 0 Å². The lowest BCUT2D eigenvalue weighted by Gasteiger charge is -2.15. The molecule has 0 saturated heterocycles. The number of Topliss-reactive ketones (excluding diaryl/α,β-unsaturated/α-hetero) is 1. The van der Waals surface area contributed by atoms with Crippen molar-refractivity contribution < 1.29 is 14.0 Å². The van der Waals surface area contributed by atoms with Crippen molar-refractivity contribution in [3.05, 3.63) is 54.0 Å². The van der Waals surface area contributed by atoms with E-state index in [1.54, 1.807) is 12.1 Å². The lowest BCUT2D eigenvalue weighted by Crippen LogP contribution is -2.36. The number of aryl methyl sites for hydroxylation is 1. The highest BCUT2D eigenvalue weighted by Crippen LogP contribution is 2.25. The summed E-state index contributed by atoms with van der Waals surface area (Å²) in [5, 5.41) is 1.95. The van der Waals surface area contributed by atoms with Gasteiger partial charge < -0.3 is 9.73 Å². The average Bonchev–Trinajstić information content (AvgIpc) is 2.93. The van der Waals surface area contributed by atoms with Gasteiger partial charge in [0.1, 0.15) is 5.37 Å². The van der Waals surface area contributed by atoms with Crippen LogP contribution >= 0.6 is 11.8 Å². The number of furan rings is 1. The van der Waals surface area contributed by atoms with Crippen LogP contribution in [0.3, 0.4) is 0 Å². The Hall–Kier alpha value is -2.01. The van der Waals surface area contributed by atoms with Gasteiger partial charge in [0, 0.05) is 11.8 Å². The summed E-state index contributed by atoms with van der Waals surface area (Å²) in [5.41, 5.74) is 1.14. The van der Waals surface area contributed by atoms with Crippen molar-refractivity contribution in [1.82, 2.24) is 5.32 Å². The molecular formula is C15H15NO3S. The van der Waals surface area contributed by atoms with Crippen LogP contribution in [0, 0.1) is 6.92 Å². The summed E-state index contributed by atoms with van der Waals surface area (Å²) in [6, 6.07) is 11.0. The first kappa shape index (κ1) is 14.4. The number of amides is 1. The van der Waals surface area contributed by atoms with Crippen molar-refractivity contribution in [2.75, 3.05) is 0 Å². The number of carbonyl (C=O) groups is 2. The number of hydrogen-bond acceptors (Lipinski definition) is 4. The molecule has 0 radical (unpaired) electrons. The molecule has 5 heteroatoms. The first-order chi connectivity index (χ1) is 9.56. The summed E-state index contributed by atoms with van der Waals surface area (Å²) in [7, 11) is 0. The number of ketones is 1. The van der Waals surface area contributed by atoms with Crippen molar-refractivity contribution in [3.63, 3.8) is 0 Å². The maximum Gasteiger partial charge on any atom is 0.230 e. The van der Waals surface area contributed by atoms with Crippen LogP contribution in [0.25, 0.3) is 0 Å². The zero-order valence-corrected chi connectivity index (χ0v) is 12.1. The fourth-order valence-corrected chi connectivity index (χ4v) is 2.65. The number of thioether (sulfide) groups is 1. The van der Waals surface area contributed by atoms with E-state index in [-0.39, 0.29) is 17.5 Å². The van der Waals surface area contributed by atoms with E-state index >= 15 is 0 Å². The minimum absolute atomic E-state index is 0.239. The summed E-state index contributed by atoms with van der Waals surface area (Å²) < 4.78 is 5.10. The zero-order chi connectivity index (χ0) is 14.5. The molecule has 0 spiro atoms. The predicted octanol–water partition coefficient (Wildman–Crippen LogP) is 3.03. The molecule has 1 N–H and O–H groups in total. The molecule has 104 valence electrons. The predicted molar refractivity (Wildman–Crippen MR) is 77.7 cm³/mol. The van der Waals surface area contributed by atoms with Gasteiger partial charge in [0.15, 0.2) is 5.76 Å². The van der Waals surface area contributed by atoms with Crippen molar-refractivity contribution in [3.8, 4) is 0 Å². The van der Waals surface area contributed by atoms with Crippen molar-refractivity contribution in [2.24, 2.45) is 0 Å². The quantitative estimate of drug-likeness (QED) is 0.522. The van der Waals surface area contributed by atoms with Crippen LogP contribution in [0.5, 0.6) is 0 Å². The maximum atomic E-state index is 12.3. The van der Waals surface area contributed by atoms with E-state index in [4.69, 9.17) is 4.42 Å². The van der Waals surface area contributed by atoms with E-state index in [0.717, 1.165) is 10.5 Å². The van der Waals surface area contributed by atoms with Gasteiger partial charge in [0.2, 0.25) is 11.7 Å². The second-order valence-electron chi connectivity index (χ2n) is 4.35. The Balaban J connectivity index is 2.17. The van der Waals surface area contributed by atoms with Crippen LogP contribution in [-0.4, -0.2) is 17.1 Å². The fraction of sp³-hybridized carbons (Fsp3) is 0.200. The highest BCUT2D eigenvalue weighted by molar-refractivity contribution is 8.00. The summed E-state index contributed by atoms with van der Waals surface area (Å²) >= 11 is 1.29. The van der Waals surface area contributed by atoms with Gasteiger partial charge in [-0.3, -0.25) is 9.59 Å². The van der Waals surface area contributed by atoms with E-state index in [0.29, 0.717) is 0 Å². The summed E-state index contributed by atoms with van der Waals surface area (Å²) in [4.78, 5) is 24.5. The monoisotopic (exact) mass is 289 g/mol. The normalized spacial score (nSPS) is 11.9. The van der Waals surface area contributed by atoms with Crippen molar-refractivity contribution in [1.29, 1.82) is 0 Å². The minimum Gasteiger partial charge on any atom is -0.461 e. The van der Waals surface area contributed by atoms with Crippen LogP contribution in [0.4, 0.5) is 0 Å². The van der Waals surface area contributed by atoms with Crippen LogP contribution in [0.15, 0.2) is 52.0 Å². The second-order valence-corrected chi connectivity index (χ2v) is 5.53.